The van der Waals surface area contributed by atoms with Crippen LogP contribution in [0.1, 0.15) is 33.6 Å². The zero-order valence-electron chi connectivity index (χ0n) is 12.1. The van der Waals surface area contributed by atoms with E-state index >= 15 is 0 Å². The van der Waals surface area contributed by atoms with E-state index in [0.717, 1.165) is 38.2 Å². The number of hydrogen-bond acceptors (Lipinski definition) is 4. The first-order chi connectivity index (χ1) is 8.98. The fraction of sp³-hybridized carbons (Fsp3) is 0.769. The number of nitrogens with zero attached hydrogens (tertiary/aromatic N) is 2. The lowest BCUT2D eigenvalue weighted by molar-refractivity contribution is 0.0297. The van der Waals surface area contributed by atoms with Gasteiger partial charge in [0.15, 0.2) is 0 Å². The van der Waals surface area contributed by atoms with E-state index in [0.29, 0.717) is 6.04 Å². The van der Waals surface area contributed by atoms with Gasteiger partial charge in [-0.3, -0.25) is 10.7 Å². The van der Waals surface area contributed by atoms with Gasteiger partial charge in [0.2, 0.25) is 0 Å². The van der Waals surface area contributed by atoms with Crippen LogP contribution in [-0.4, -0.2) is 47.0 Å². The summed E-state index contributed by atoms with van der Waals surface area (Å²) < 4.78 is 0. The number of nitrogens with two attached hydrogens (primary N) is 1. The molecule has 2 aliphatic rings. The minimum absolute atomic E-state index is 0.0218. The summed E-state index contributed by atoms with van der Waals surface area (Å²) in [6.45, 7) is 9.15. The van der Waals surface area contributed by atoms with Crippen LogP contribution in [0.5, 0.6) is 0 Å². The lowest BCUT2D eigenvalue weighted by Gasteiger charge is -2.50. The Kier molecular flexibility index (Phi) is 4.01. The van der Waals surface area contributed by atoms with E-state index in [2.05, 4.69) is 29.5 Å². The topological polar surface area (TPSA) is 73.6 Å². The molecular weight excluding hydrogens is 242 g/mol. The second-order valence-corrected chi connectivity index (χ2v) is 5.86. The first kappa shape index (κ1) is 14.1. The highest BCUT2D eigenvalue weighted by molar-refractivity contribution is 5.77. The van der Waals surface area contributed by atoms with Crippen LogP contribution in [-0.2, 0) is 0 Å². The van der Waals surface area contributed by atoms with Crippen molar-refractivity contribution < 1.29 is 4.79 Å². The van der Waals surface area contributed by atoms with Crippen LogP contribution in [0.4, 0.5) is 4.79 Å². The van der Waals surface area contributed by atoms with Crippen LogP contribution in [0.2, 0.25) is 0 Å². The molecule has 0 aromatic heterocycles. The number of amides is 2. The summed E-state index contributed by atoms with van der Waals surface area (Å²) in [6.07, 6.45) is 3.81. The molecule has 1 atom stereocenters. The largest absolute Gasteiger partial charge is 0.327 e. The molecule has 0 aliphatic carbocycles. The van der Waals surface area contributed by atoms with Gasteiger partial charge in [-0.25, -0.2) is 4.79 Å². The predicted octanol–water partition coefficient (Wildman–Crippen LogP) is 0.579. The monoisotopic (exact) mass is 267 g/mol. The van der Waals surface area contributed by atoms with Gasteiger partial charge in [-0.05, 0) is 33.6 Å². The fourth-order valence-electron chi connectivity index (χ4n) is 2.90. The average molecular weight is 267 g/mol. The molecule has 0 bridgehead atoms. The van der Waals surface area contributed by atoms with Crippen molar-refractivity contribution in [2.24, 2.45) is 5.84 Å². The van der Waals surface area contributed by atoms with Crippen molar-refractivity contribution in [1.82, 2.24) is 20.5 Å². The maximum Gasteiger partial charge on any atom is 0.321 e. The molecule has 6 heteroatoms. The number of hydrazine groups is 1. The summed E-state index contributed by atoms with van der Waals surface area (Å²) in [5.74, 6) is 5.26. The normalized spacial score (nSPS) is 27.8. The maximum absolute atomic E-state index is 12.2. The molecule has 0 saturated carbocycles. The lowest BCUT2D eigenvalue weighted by Crippen LogP contribution is -2.65. The fourth-order valence-corrected chi connectivity index (χ4v) is 2.90. The Bertz CT molecular complexity index is 381. The molecule has 2 rings (SSSR count). The molecule has 0 aromatic carbocycles. The predicted molar refractivity (Wildman–Crippen MR) is 75.0 cm³/mol. The molecule has 19 heavy (non-hydrogen) atoms. The Balaban J connectivity index is 1.94. The van der Waals surface area contributed by atoms with Crippen molar-refractivity contribution in [3.8, 4) is 0 Å². The van der Waals surface area contributed by atoms with Gasteiger partial charge in [-0.15, -0.1) is 0 Å². The zero-order chi connectivity index (χ0) is 14.0. The van der Waals surface area contributed by atoms with E-state index in [4.69, 9.17) is 5.84 Å². The Hall–Kier alpha value is -1.27. The van der Waals surface area contributed by atoms with Gasteiger partial charge in [0.25, 0.3) is 0 Å². The van der Waals surface area contributed by atoms with Crippen molar-refractivity contribution in [3.63, 3.8) is 0 Å². The Morgan fingerprint density at radius 3 is 2.53 bits per heavy atom. The number of rotatable bonds is 3. The SMILES string of the molecule is C/C(=C/NC(=O)N1CCC12CCN(C(C)C)C2)NN. The molecule has 2 amide bonds. The minimum Gasteiger partial charge on any atom is -0.327 e. The number of allylic oxidation sites excluding steroid dienone is 1. The van der Waals surface area contributed by atoms with Crippen LogP contribution in [0, 0.1) is 0 Å². The van der Waals surface area contributed by atoms with Crippen LogP contribution < -0.4 is 16.6 Å². The van der Waals surface area contributed by atoms with Gasteiger partial charge >= 0.3 is 6.03 Å². The highest BCUT2D eigenvalue weighted by Crippen LogP contribution is 2.39. The molecule has 2 heterocycles. The van der Waals surface area contributed by atoms with Crippen molar-refractivity contribution >= 4 is 6.03 Å². The van der Waals surface area contributed by atoms with E-state index in [1.807, 2.05) is 11.8 Å². The maximum atomic E-state index is 12.2. The molecule has 0 aromatic rings. The van der Waals surface area contributed by atoms with Crippen molar-refractivity contribution in [1.29, 1.82) is 0 Å². The number of carbonyl (C=O) groups is 1. The van der Waals surface area contributed by atoms with Gasteiger partial charge in [-0.2, -0.15) is 0 Å². The second-order valence-electron chi connectivity index (χ2n) is 5.86. The van der Waals surface area contributed by atoms with E-state index in [1.54, 1.807) is 6.20 Å². The Morgan fingerprint density at radius 1 is 1.37 bits per heavy atom. The molecule has 1 spiro atoms. The summed E-state index contributed by atoms with van der Waals surface area (Å²) in [7, 11) is 0. The molecule has 6 nitrogen and oxygen atoms in total. The third-order valence-corrected chi connectivity index (χ3v) is 4.35. The third-order valence-electron chi connectivity index (χ3n) is 4.35. The number of hydrogen-bond donors (Lipinski definition) is 3. The lowest BCUT2D eigenvalue weighted by atomic mass is 9.84. The summed E-state index contributed by atoms with van der Waals surface area (Å²) in [5.41, 5.74) is 3.29. The molecule has 2 saturated heterocycles. The van der Waals surface area contributed by atoms with Crippen molar-refractivity contribution in [2.45, 2.75) is 45.2 Å². The highest BCUT2D eigenvalue weighted by atomic mass is 16.2. The van der Waals surface area contributed by atoms with Gasteiger partial charge in [-0.1, -0.05) is 0 Å². The van der Waals surface area contributed by atoms with Crippen molar-refractivity contribution in [2.75, 3.05) is 19.6 Å². The molecule has 4 N–H and O–H groups in total. The second kappa shape index (κ2) is 5.38. The highest BCUT2D eigenvalue weighted by Gasteiger charge is 2.51. The quantitative estimate of drug-likeness (QED) is 0.516. The molecule has 1 unspecified atom stereocenters. The first-order valence-electron chi connectivity index (χ1n) is 6.94. The smallest absolute Gasteiger partial charge is 0.321 e. The van der Waals surface area contributed by atoms with Crippen LogP contribution >= 0.6 is 0 Å². The van der Waals surface area contributed by atoms with Crippen LogP contribution in [0.15, 0.2) is 11.9 Å². The summed E-state index contributed by atoms with van der Waals surface area (Å²) >= 11 is 0. The summed E-state index contributed by atoms with van der Waals surface area (Å²) in [5, 5.41) is 2.79. The van der Waals surface area contributed by atoms with Gasteiger partial charge in [0, 0.05) is 37.6 Å². The van der Waals surface area contributed by atoms with E-state index in [9.17, 15) is 4.79 Å². The van der Waals surface area contributed by atoms with Gasteiger partial charge in [0.05, 0.1) is 5.54 Å². The zero-order valence-corrected chi connectivity index (χ0v) is 12.1. The number of likely N-dealkylation sites (tertiary alicyclic amines) is 2. The average Bonchev–Trinajstić information content (AvgIpc) is 2.82. The summed E-state index contributed by atoms with van der Waals surface area (Å²) in [6, 6.07) is 0.528. The number of carbonyl (C=O) groups excluding carboxylic acids is 1. The minimum atomic E-state index is -0.0218. The number of urea groups is 1. The summed E-state index contributed by atoms with van der Waals surface area (Å²) in [4.78, 5) is 16.6. The van der Waals surface area contributed by atoms with E-state index in [1.165, 1.54) is 0 Å². The van der Waals surface area contributed by atoms with Crippen LogP contribution in [0.3, 0.4) is 0 Å². The molecule has 2 fully saturated rings. The Morgan fingerprint density at radius 2 is 2.05 bits per heavy atom. The molecule has 2 aliphatic heterocycles. The molecule has 0 radical (unpaired) electrons. The first-order valence-corrected chi connectivity index (χ1v) is 6.94. The number of nitrogens with one attached hydrogen (secondary N) is 2. The van der Waals surface area contributed by atoms with E-state index < -0.39 is 0 Å². The van der Waals surface area contributed by atoms with Gasteiger partial charge < -0.3 is 15.6 Å². The Labute approximate surface area is 115 Å². The standard InChI is InChI=1S/C13H25N5O/c1-10(2)17-6-4-13(9-17)5-7-18(13)12(19)15-8-11(3)16-14/h8,10,16H,4-7,9,14H2,1-3H3,(H,15,19)/b11-8-. The van der Waals surface area contributed by atoms with Crippen molar-refractivity contribution in [3.05, 3.63) is 11.9 Å². The van der Waals surface area contributed by atoms with Gasteiger partial charge in [0.1, 0.15) is 0 Å². The third kappa shape index (κ3) is 2.69. The van der Waals surface area contributed by atoms with Crippen LogP contribution in [0.25, 0.3) is 0 Å². The molecular formula is C13H25N5O. The molecule has 108 valence electrons. The van der Waals surface area contributed by atoms with E-state index in [-0.39, 0.29) is 11.6 Å².